The maximum atomic E-state index is 6.09. The lowest BCUT2D eigenvalue weighted by Crippen LogP contribution is -2.48. The van der Waals surface area contributed by atoms with Gasteiger partial charge in [0.1, 0.15) is 5.69 Å². The largest absolute Gasteiger partial charge is 0.337 e. The minimum absolute atomic E-state index is 0.156. The first-order valence-corrected chi connectivity index (χ1v) is 7.47. The summed E-state index contributed by atoms with van der Waals surface area (Å²) >= 11 is 0. The van der Waals surface area contributed by atoms with Crippen LogP contribution in [0.2, 0.25) is 0 Å². The number of hydrogen-bond acceptors (Lipinski definition) is 6. The number of nitrogens with two attached hydrogens (primary N) is 1. The average molecular weight is 287 g/mol. The molecule has 6 heteroatoms. The molecule has 21 heavy (non-hydrogen) atoms. The molecule has 0 bridgehead atoms. The molecule has 1 saturated heterocycles. The summed E-state index contributed by atoms with van der Waals surface area (Å²) in [4.78, 5) is 11.0. The van der Waals surface area contributed by atoms with Gasteiger partial charge in [0, 0.05) is 18.3 Å². The van der Waals surface area contributed by atoms with Crippen LogP contribution in [0.25, 0.3) is 11.5 Å². The predicted molar refractivity (Wildman–Crippen MR) is 79.2 cm³/mol. The molecule has 3 heterocycles. The van der Waals surface area contributed by atoms with Gasteiger partial charge in [-0.3, -0.25) is 9.88 Å². The van der Waals surface area contributed by atoms with E-state index in [0.29, 0.717) is 24.3 Å². The van der Waals surface area contributed by atoms with Crippen molar-refractivity contribution in [2.45, 2.75) is 44.8 Å². The molecule has 112 valence electrons. The van der Waals surface area contributed by atoms with Crippen LogP contribution in [-0.4, -0.2) is 38.7 Å². The second kappa shape index (κ2) is 6.32. The van der Waals surface area contributed by atoms with Crippen molar-refractivity contribution in [1.82, 2.24) is 20.0 Å². The van der Waals surface area contributed by atoms with Crippen LogP contribution in [0.4, 0.5) is 0 Å². The molecule has 0 radical (unpaired) electrons. The van der Waals surface area contributed by atoms with Crippen molar-refractivity contribution in [3.63, 3.8) is 0 Å². The van der Waals surface area contributed by atoms with E-state index in [9.17, 15) is 0 Å². The van der Waals surface area contributed by atoms with Crippen LogP contribution >= 0.6 is 0 Å². The number of rotatable bonds is 4. The monoisotopic (exact) mass is 287 g/mol. The Bertz CT molecular complexity index is 568. The first-order valence-electron chi connectivity index (χ1n) is 7.47. The summed E-state index contributed by atoms with van der Waals surface area (Å²) in [5.74, 6) is 1.17. The topological polar surface area (TPSA) is 81.1 Å². The normalized spacial score (nSPS) is 21.3. The summed E-state index contributed by atoms with van der Waals surface area (Å²) in [6.45, 7) is 3.76. The van der Waals surface area contributed by atoms with Gasteiger partial charge in [-0.2, -0.15) is 4.98 Å². The van der Waals surface area contributed by atoms with E-state index in [0.717, 1.165) is 18.7 Å². The van der Waals surface area contributed by atoms with E-state index in [1.54, 1.807) is 6.20 Å². The lowest BCUT2D eigenvalue weighted by molar-refractivity contribution is 0.109. The number of likely N-dealkylation sites (tertiary alicyclic amines) is 1. The van der Waals surface area contributed by atoms with E-state index in [-0.39, 0.29) is 6.04 Å². The molecule has 0 spiro atoms. The number of nitrogens with zero attached hydrogens (tertiary/aromatic N) is 4. The highest BCUT2D eigenvalue weighted by molar-refractivity contribution is 5.46. The molecule has 0 aliphatic carbocycles. The zero-order valence-electron chi connectivity index (χ0n) is 12.3. The SMILES string of the molecule is CC(N)C1CCCCN1Cc1nc(-c2ccccn2)no1. The smallest absolute Gasteiger partial charge is 0.241 e. The standard InChI is InChI=1S/C15H21N5O/c1-11(16)13-7-3-5-9-20(13)10-14-18-15(19-21-14)12-6-2-4-8-17-12/h2,4,6,8,11,13H,3,5,7,9-10,16H2,1H3. The molecule has 0 saturated carbocycles. The lowest BCUT2D eigenvalue weighted by Gasteiger charge is -2.37. The van der Waals surface area contributed by atoms with Crippen LogP contribution in [-0.2, 0) is 6.54 Å². The summed E-state index contributed by atoms with van der Waals surface area (Å²) < 4.78 is 5.37. The highest BCUT2D eigenvalue weighted by Crippen LogP contribution is 2.21. The average Bonchev–Trinajstić information content (AvgIpc) is 2.97. The summed E-state index contributed by atoms with van der Waals surface area (Å²) in [7, 11) is 0. The number of pyridine rings is 1. The van der Waals surface area contributed by atoms with Crippen molar-refractivity contribution in [2.75, 3.05) is 6.54 Å². The lowest BCUT2D eigenvalue weighted by atomic mass is 9.97. The van der Waals surface area contributed by atoms with E-state index < -0.39 is 0 Å². The molecule has 1 aliphatic heterocycles. The van der Waals surface area contributed by atoms with Crippen LogP contribution in [0, 0.1) is 0 Å². The third-order valence-corrected chi connectivity index (χ3v) is 3.97. The molecule has 2 unspecified atom stereocenters. The molecule has 1 aliphatic rings. The van der Waals surface area contributed by atoms with E-state index >= 15 is 0 Å². The Morgan fingerprint density at radius 3 is 3.10 bits per heavy atom. The van der Waals surface area contributed by atoms with Crippen molar-refractivity contribution in [1.29, 1.82) is 0 Å². The highest BCUT2D eigenvalue weighted by Gasteiger charge is 2.27. The third-order valence-electron chi connectivity index (χ3n) is 3.97. The molecule has 0 aromatic carbocycles. The molecule has 2 N–H and O–H groups in total. The molecule has 2 atom stereocenters. The summed E-state index contributed by atoms with van der Waals surface area (Å²) in [5.41, 5.74) is 6.82. The molecular weight excluding hydrogens is 266 g/mol. The molecule has 6 nitrogen and oxygen atoms in total. The Kier molecular flexibility index (Phi) is 4.26. The molecular formula is C15H21N5O. The zero-order chi connectivity index (χ0) is 14.7. The van der Waals surface area contributed by atoms with Crippen molar-refractivity contribution < 1.29 is 4.52 Å². The van der Waals surface area contributed by atoms with E-state index in [4.69, 9.17) is 10.3 Å². The molecule has 2 aromatic rings. The molecule has 2 aromatic heterocycles. The second-order valence-electron chi connectivity index (χ2n) is 5.62. The van der Waals surface area contributed by atoms with E-state index in [2.05, 4.69) is 26.9 Å². The molecule has 0 amide bonds. The minimum atomic E-state index is 0.156. The van der Waals surface area contributed by atoms with Gasteiger partial charge in [-0.1, -0.05) is 17.6 Å². The van der Waals surface area contributed by atoms with Gasteiger partial charge in [-0.25, -0.2) is 0 Å². The first-order chi connectivity index (χ1) is 10.2. The summed E-state index contributed by atoms with van der Waals surface area (Å²) in [6.07, 6.45) is 5.30. The number of aromatic nitrogens is 3. The third kappa shape index (κ3) is 3.28. The van der Waals surface area contributed by atoms with Gasteiger partial charge in [0.25, 0.3) is 0 Å². The van der Waals surface area contributed by atoms with Gasteiger partial charge in [0.05, 0.1) is 6.54 Å². The van der Waals surface area contributed by atoms with Gasteiger partial charge in [-0.05, 0) is 38.4 Å². The highest BCUT2D eigenvalue weighted by atomic mass is 16.5. The molecule has 3 rings (SSSR count). The van der Waals surface area contributed by atoms with Crippen LogP contribution in [0.1, 0.15) is 32.1 Å². The van der Waals surface area contributed by atoms with Gasteiger partial charge in [0.2, 0.25) is 11.7 Å². The van der Waals surface area contributed by atoms with Gasteiger partial charge >= 0.3 is 0 Å². The fourth-order valence-electron chi connectivity index (χ4n) is 2.90. The van der Waals surface area contributed by atoms with Crippen molar-refractivity contribution in [3.8, 4) is 11.5 Å². The van der Waals surface area contributed by atoms with E-state index in [1.165, 1.54) is 12.8 Å². The van der Waals surface area contributed by atoms with Crippen LogP contribution in [0.3, 0.4) is 0 Å². The fraction of sp³-hybridized carbons (Fsp3) is 0.533. The minimum Gasteiger partial charge on any atom is -0.337 e. The Hall–Kier alpha value is -1.79. The van der Waals surface area contributed by atoms with Crippen molar-refractivity contribution in [2.24, 2.45) is 5.73 Å². The first kappa shape index (κ1) is 14.2. The zero-order valence-corrected chi connectivity index (χ0v) is 12.3. The summed E-state index contributed by atoms with van der Waals surface area (Å²) in [6, 6.07) is 6.20. The summed E-state index contributed by atoms with van der Waals surface area (Å²) in [5, 5.41) is 4.02. The molecule has 1 fully saturated rings. The Morgan fingerprint density at radius 2 is 2.33 bits per heavy atom. The van der Waals surface area contributed by atoms with Crippen LogP contribution in [0.15, 0.2) is 28.9 Å². The number of hydrogen-bond donors (Lipinski definition) is 1. The fourth-order valence-corrected chi connectivity index (χ4v) is 2.90. The Morgan fingerprint density at radius 1 is 1.43 bits per heavy atom. The van der Waals surface area contributed by atoms with Gasteiger partial charge < -0.3 is 10.3 Å². The van der Waals surface area contributed by atoms with Gasteiger partial charge in [-0.15, -0.1) is 0 Å². The predicted octanol–water partition coefficient (Wildman–Crippen LogP) is 1.83. The maximum Gasteiger partial charge on any atom is 0.241 e. The van der Waals surface area contributed by atoms with Crippen molar-refractivity contribution in [3.05, 3.63) is 30.3 Å². The number of piperidine rings is 1. The van der Waals surface area contributed by atoms with E-state index in [1.807, 2.05) is 18.2 Å². The Balaban J connectivity index is 1.72. The maximum absolute atomic E-state index is 6.09. The van der Waals surface area contributed by atoms with Gasteiger partial charge in [0.15, 0.2) is 0 Å². The van der Waals surface area contributed by atoms with Crippen LogP contribution in [0.5, 0.6) is 0 Å². The van der Waals surface area contributed by atoms with Crippen molar-refractivity contribution >= 4 is 0 Å². The van der Waals surface area contributed by atoms with Crippen LogP contribution < -0.4 is 5.73 Å². The Labute approximate surface area is 124 Å². The second-order valence-corrected chi connectivity index (χ2v) is 5.62. The quantitative estimate of drug-likeness (QED) is 0.924.